The highest BCUT2D eigenvalue weighted by Gasteiger charge is 2.11. The quantitative estimate of drug-likeness (QED) is 0.359. The Labute approximate surface area is 169 Å². The molecular formula is C24H34N4. The molecule has 0 amide bonds. The van der Waals surface area contributed by atoms with Gasteiger partial charge in [0.15, 0.2) is 5.65 Å². The Hall–Kier alpha value is -2.36. The molecule has 0 aliphatic rings. The van der Waals surface area contributed by atoms with Gasteiger partial charge in [-0.25, -0.2) is 4.98 Å². The van der Waals surface area contributed by atoms with E-state index < -0.39 is 0 Å². The highest BCUT2D eigenvalue weighted by atomic mass is 15.3. The van der Waals surface area contributed by atoms with Crippen LogP contribution in [0.2, 0.25) is 0 Å². The summed E-state index contributed by atoms with van der Waals surface area (Å²) in [6.07, 6.45) is 14.1. The number of anilines is 1. The average molecular weight is 379 g/mol. The van der Waals surface area contributed by atoms with Gasteiger partial charge in [0, 0.05) is 23.9 Å². The van der Waals surface area contributed by atoms with Gasteiger partial charge in [0.2, 0.25) is 0 Å². The molecule has 0 radical (unpaired) electrons. The van der Waals surface area contributed by atoms with Gasteiger partial charge >= 0.3 is 0 Å². The Morgan fingerprint density at radius 1 is 0.893 bits per heavy atom. The van der Waals surface area contributed by atoms with Crippen molar-refractivity contribution < 1.29 is 0 Å². The van der Waals surface area contributed by atoms with Gasteiger partial charge in [-0.15, -0.1) is 0 Å². The number of fused-ring (bicyclic) bond motifs is 1. The summed E-state index contributed by atoms with van der Waals surface area (Å²) in [5.41, 5.74) is 4.16. The van der Waals surface area contributed by atoms with Gasteiger partial charge in [-0.2, -0.15) is 9.61 Å². The number of hydrogen-bond acceptors (Lipinski definition) is 3. The number of hydrogen-bond donors (Lipinski definition) is 1. The standard InChI is InChI=1S/C24H34N4/c1-3-4-5-6-7-8-9-10-14-17-25-23-18-20(2)27-24-22(19-26-28(23)24)21-15-12-11-13-16-21/h11-13,15-16,18-19,25H,3-10,14,17H2,1-2H3. The van der Waals surface area contributed by atoms with Crippen LogP contribution in [0.1, 0.15) is 70.4 Å². The van der Waals surface area contributed by atoms with Crippen LogP contribution in [-0.4, -0.2) is 21.1 Å². The lowest BCUT2D eigenvalue weighted by Crippen LogP contribution is -2.08. The highest BCUT2D eigenvalue weighted by molar-refractivity contribution is 5.78. The van der Waals surface area contributed by atoms with Crippen LogP contribution in [0.3, 0.4) is 0 Å². The van der Waals surface area contributed by atoms with Gasteiger partial charge in [0.1, 0.15) is 5.82 Å². The first kappa shape index (κ1) is 20.4. The van der Waals surface area contributed by atoms with Crippen molar-refractivity contribution in [1.29, 1.82) is 0 Å². The molecule has 0 saturated heterocycles. The van der Waals surface area contributed by atoms with Crippen molar-refractivity contribution in [2.75, 3.05) is 11.9 Å². The molecule has 0 bridgehead atoms. The zero-order valence-electron chi connectivity index (χ0n) is 17.5. The van der Waals surface area contributed by atoms with Crippen LogP contribution in [0.5, 0.6) is 0 Å². The maximum absolute atomic E-state index is 4.73. The fourth-order valence-electron chi connectivity index (χ4n) is 3.68. The summed E-state index contributed by atoms with van der Waals surface area (Å²) >= 11 is 0. The summed E-state index contributed by atoms with van der Waals surface area (Å²) in [7, 11) is 0. The lowest BCUT2D eigenvalue weighted by molar-refractivity contribution is 0.569. The van der Waals surface area contributed by atoms with Crippen molar-refractivity contribution >= 4 is 11.5 Å². The van der Waals surface area contributed by atoms with Crippen molar-refractivity contribution in [3.8, 4) is 11.1 Å². The third kappa shape index (κ3) is 5.57. The first-order valence-electron chi connectivity index (χ1n) is 10.9. The molecule has 0 fully saturated rings. The fraction of sp³-hybridized carbons (Fsp3) is 0.500. The van der Waals surface area contributed by atoms with Gasteiger partial charge in [-0.05, 0) is 18.9 Å². The largest absolute Gasteiger partial charge is 0.370 e. The van der Waals surface area contributed by atoms with Crippen molar-refractivity contribution in [3.05, 3.63) is 48.3 Å². The number of nitrogens with zero attached hydrogens (tertiary/aromatic N) is 3. The second kappa shape index (κ2) is 10.8. The summed E-state index contributed by atoms with van der Waals surface area (Å²) in [6, 6.07) is 12.4. The number of aromatic nitrogens is 3. The number of nitrogens with one attached hydrogen (secondary N) is 1. The van der Waals surface area contributed by atoms with E-state index in [1.54, 1.807) is 0 Å². The number of unbranched alkanes of at least 4 members (excludes halogenated alkanes) is 8. The Kier molecular flexibility index (Phi) is 7.89. The van der Waals surface area contributed by atoms with E-state index in [0.29, 0.717) is 0 Å². The Morgan fingerprint density at radius 3 is 2.29 bits per heavy atom. The predicted molar refractivity (Wildman–Crippen MR) is 119 cm³/mol. The van der Waals surface area contributed by atoms with Crippen LogP contribution >= 0.6 is 0 Å². The molecule has 0 saturated carbocycles. The molecule has 0 unspecified atom stereocenters. The summed E-state index contributed by atoms with van der Waals surface area (Å²) in [6.45, 7) is 5.30. The van der Waals surface area contributed by atoms with E-state index in [1.165, 1.54) is 57.8 Å². The molecule has 150 valence electrons. The molecule has 0 aliphatic carbocycles. The lowest BCUT2D eigenvalue weighted by Gasteiger charge is -2.10. The Morgan fingerprint density at radius 2 is 1.57 bits per heavy atom. The molecular weight excluding hydrogens is 344 g/mol. The molecule has 1 aromatic carbocycles. The molecule has 28 heavy (non-hydrogen) atoms. The summed E-state index contributed by atoms with van der Waals surface area (Å²) in [5, 5.41) is 8.16. The zero-order chi connectivity index (χ0) is 19.6. The summed E-state index contributed by atoms with van der Waals surface area (Å²) < 4.78 is 1.93. The van der Waals surface area contributed by atoms with Crippen LogP contribution in [0.25, 0.3) is 16.8 Å². The summed E-state index contributed by atoms with van der Waals surface area (Å²) in [4.78, 5) is 4.73. The molecule has 3 rings (SSSR count). The van der Waals surface area contributed by atoms with Crippen molar-refractivity contribution in [2.24, 2.45) is 0 Å². The number of benzene rings is 1. The molecule has 0 spiro atoms. The Bertz CT molecular complexity index is 838. The van der Waals surface area contributed by atoms with Gasteiger partial charge < -0.3 is 5.32 Å². The van der Waals surface area contributed by atoms with E-state index in [1.807, 2.05) is 23.7 Å². The van der Waals surface area contributed by atoms with Gasteiger partial charge in [0.25, 0.3) is 0 Å². The maximum atomic E-state index is 4.73. The normalized spacial score (nSPS) is 11.2. The lowest BCUT2D eigenvalue weighted by atomic mass is 10.1. The highest BCUT2D eigenvalue weighted by Crippen LogP contribution is 2.25. The SMILES string of the molecule is CCCCCCCCCCCNc1cc(C)nc2c(-c3ccccc3)cnn12. The first-order valence-corrected chi connectivity index (χ1v) is 10.9. The van der Waals surface area contributed by atoms with E-state index in [-0.39, 0.29) is 0 Å². The summed E-state index contributed by atoms with van der Waals surface area (Å²) in [5.74, 6) is 1.03. The van der Waals surface area contributed by atoms with E-state index in [9.17, 15) is 0 Å². The molecule has 1 N–H and O–H groups in total. The molecule has 4 heteroatoms. The van der Waals surface area contributed by atoms with E-state index in [0.717, 1.165) is 34.8 Å². The maximum Gasteiger partial charge on any atom is 0.165 e. The van der Waals surface area contributed by atoms with Crippen LogP contribution in [-0.2, 0) is 0 Å². The average Bonchev–Trinajstić information content (AvgIpc) is 3.14. The van der Waals surface area contributed by atoms with Crippen molar-refractivity contribution in [1.82, 2.24) is 14.6 Å². The molecule has 3 aromatic rings. The van der Waals surface area contributed by atoms with Gasteiger partial charge in [-0.3, -0.25) is 0 Å². The minimum absolute atomic E-state index is 0.917. The van der Waals surface area contributed by atoms with Crippen LogP contribution in [0.4, 0.5) is 5.82 Å². The van der Waals surface area contributed by atoms with Gasteiger partial charge in [0.05, 0.1) is 6.20 Å². The number of rotatable bonds is 12. The van der Waals surface area contributed by atoms with Crippen molar-refractivity contribution in [2.45, 2.75) is 71.6 Å². The topological polar surface area (TPSA) is 42.2 Å². The second-order valence-electron chi connectivity index (χ2n) is 7.70. The minimum atomic E-state index is 0.917. The molecule has 0 atom stereocenters. The van der Waals surface area contributed by atoms with E-state index >= 15 is 0 Å². The molecule has 0 aliphatic heterocycles. The van der Waals surface area contributed by atoms with Crippen LogP contribution in [0.15, 0.2) is 42.6 Å². The second-order valence-corrected chi connectivity index (χ2v) is 7.70. The molecule has 2 aromatic heterocycles. The Balaban J connectivity index is 1.51. The van der Waals surface area contributed by atoms with Gasteiger partial charge in [-0.1, -0.05) is 88.6 Å². The third-order valence-corrected chi connectivity index (χ3v) is 5.27. The van der Waals surface area contributed by atoms with E-state index in [4.69, 9.17) is 4.98 Å². The number of aryl methyl sites for hydroxylation is 1. The minimum Gasteiger partial charge on any atom is -0.370 e. The third-order valence-electron chi connectivity index (χ3n) is 5.27. The van der Waals surface area contributed by atoms with Crippen LogP contribution < -0.4 is 5.32 Å². The molecule has 2 heterocycles. The smallest absolute Gasteiger partial charge is 0.165 e. The monoisotopic (exact) mass is 378 g/mol. The fourth-order valence-corrected chi connectivity index (χ4v) is 3.68. The predicted octanol–water partition coefficient (Wildman–Crippen LogP) is 6.65. The molecule has 4 nitrogen and oxygen atoms in total. The van der Waals surface area contributed by atoms with Crippen molar-refractivity contribution in [3.63, 3.8) is 0 Å². The first-order chi connectivity index (χ1) is 13.8. The zero-order valence-corrected chi connectivity index (χ0v) is 17.5. The van der Waals surface area contributed by atoms with E-state index in [2.05, 4.69) is 47.7 Å². The van der Waals surface area contributed by atoms with Crippen LogP contribution in [0, 0.1) is 6.92 Å².